The summed E-state index contributed by atoms with van der Waals surface area (Å²) in [6.07, 6.45) is 13.5. The maximum atomic E-state index is 10.3. The van der Waals surface area contributed by atoms with E-state index in [4.69, 9.17) is 0 Å². The lowest BCUT2D eigenvalue weighted by atomic mass is 9.96. The van der Waals surface area contributed by atoms with E-state index in [1.165, 1.54) is 56.9 Å². The van der Waals surface area contributed by atoms with Gasteiger partial charge in [0.2, 0.25) is 0 Å². The molecule has 1 N–H and O–H groups in total. The molecule has 0 amide bonds. The highest BCUT2D eigenvalue weighted by atomic mass is 16.3. The number of aromatic hydroxyl groups is 1. The van der Waals surface area contributed by atoms with E-state index < -0.39 is 0 Å². The summed E-state index contributed by atoms with van der Waals surface area (Å²) in [6.45, 7) is 6.60. The van der Waals surface area contributed by atoms with Gasteiger partial charge in [0.15, 0.2) is 0 Å². The summed E-state index contributed by atoms with van der Waals surface area (Å²) < 4.78 is 0. The van der Waals surface area contributed by atoms with Crippen LogP contribution in [-0.4, -0.2) is 5.11 Å². The molecule has 0 atom stereocenters. The minimum Gasteiger partial charge on any atom is -0.507 e. The zero-order valence-corrected chi connectivity index (χ0v) is 14.4. The number of rotatable bonds is 11. The van der Waals surface area contributed by atoms with Crippen molar-refractivity contribution in [1.29, 1.82) is 0 Å². The minimum absolute atomic E-state index is 0.553. The van der Waals surface area contributed by atoms with Crippen molar-refractivity contribution < 1.29 is 5.11 Å². The number of hydrogen-bond acceptors (Lipinski definition) is 1. The number of benzene rings is 1. The molecule has 0 heterocycles. The first kappa shape index (κ1) is 18.1. The van der Waals surface area contributed by atoms with Crippen molar-refractivity contribution in [2.24, 2.45) is 0 Å². The summed E-state index contributed by atoms with van der Waals surface area (Å²) in [5, 5.41) is 10.3. The molecule has 120 valence electrons. The second kappa shape index (κ2) is 10.7. The lowest BCUT2D eigenvalue weighted by molar-refractivity contribution is 0.460. The first-order valence-corrected chi connectivity index (χ1v) is 9.06. The smallest absolute Gasteiger partial charge is 0.121 e. The van der Waals surface area contributed by atoms with Crippen LogP contribution in [0.3, 0.4) is 0 Å². The molecule has 0 bridgehead atoms. The van der Waals surface area contributed by atoms with E-state index in [2.05, 4.69) is 32.9 Å². The van der Waals surface area contributed by atoms with Crippen LogP contribution in [0.5, 0.6) is 5.75 Å². The molecule has 0 aliphatic heterocycles. The van der Waals surface area contributed by atoms with Crippen LogP contribution >= 0.6 is 0 Å². The van der Waals surface area contributed by atoms with Gasteiger partial charge in [-0.15, -0.1) is 0 Å². The Labute approximate surface area is 131 Å². The molecule has 1 nitrogen and oxygen atoms in total. The molecule has 0 saturated carbocycles. The van der Waals surface area contributed by atoms with Gasteiger partial charge in [0.25, 0.3) is 0 Å². The van der Waals surface area contributed by atoms with Gasteiger partial charge in [-0.1, -0.05) is 71.4 Å². The van der Waals surface area contributed by atoms with Crippen molar-refractivity contribution >= 4 is 0 Å². The van der Waals surface area contributed by atoms with Crippen molar-refractivity contribution in [2.45, 2.75) is 91.4 Å². The summed E-state index contributed by atoms with van der Waals surface area (Å²) in [5.41, 5.74) is 3.72. The van der Waals surface area contributed by atoms with Gasteiger partial charge in [0, 0.05) is 0 Å². The fourth-order valence-corrected chi connectivity index (χ4v) is 2.91. The summed E-state index contributed by atoms with van der Waals surface area (Å²) in [4.78, 5) is 0. The molecule has 1 aromatic rings. The Morgan fingerprint density at radius 2 is 1.33 bits per heavy atom. The van der Waals surface area contributed by atoms with Crippen LogP contribution in [0.4, 0.5) is 0 Å². The molecule has 0 aliphatic carbocycles. The zero-order chi connectivity index (χ0) is 15.5. The Morgan fingerprint density at radius 3 is 2.00 bits per heavy atom. The average molecular weight is 290 g/mol. The number of hydrogen-bond donors (Lipinski definition) is 1. The molecule has 1 aromatic carbocycles. The molecular formula is C20H34O. The highest BCUT2D eigenvalue weighted by molar-refractivity contribution is 5.44. The van der Waals surface area contributed by atoms with Gasteiger partial charge in [0.1, 0.15) is 5.75 Å². The fraction of sp³-hybridized carbons (Fsp3) is 0.700. The first-order valence-electron chi connectivity index (χ1n) is 9.06. The summed E-state index contributed by atoms with van der Waals surface area (Å²) in [7, 11) is 0. The SMILES string of the molecule is CCCCCCCCc1cc(CC)c(O)c(CCCC)c1. The van der Waals surface area contributed by atoms with Crippen molar-refractivity contribution in [2.75, 3.05) is 0 Å². The maximum absolute atomic E-state index is 10.3. The predicted octanol–water partition coefficient (Wildman–Crippen LogP) is 6.20. The van der Waals surface area contributed by atoms with E-state index in [-0.39, 0.29) is 0 Å². The molecule has 0 aromatic heterocycles. The van der Waals surface area contributed by atoms with E-state index in [1.807, 2.05) is 0 Å². The standard InChI is InChI=1S/C20H34O/c1-4-7-9-10-11-12-13-17-15-18(6-3)20(21)19(16-17)14-8-5-2/h15-16,21H,4-14H2,1-3H3. The lowest BCUT2D eigenvalue weighted by Gasteiger charge is -2.12. The molecular weight excluding hydrogens is 256 g/mol. The van der Waals surface area contributed by atoms with Gasteiger partial charge in [-0.25, -0.2) is 0 Å². The molecule has 0 radical (unpaired) electrons. The van der Waals surface area contributed by atoms with Gasteiger partial charge in [-0.3, -0.25) is 0 Å². The third-order valence-corrected chi connectivity index (χ3v) is 4.33. The van der Waals surface area contributed by atoms with Crippen LogP contribution in [0, 0.1) is 0 Å². The van der Waals surface area contributed by atoms with Crippen LogP contribution in [0.1, 0.15) is 88.8 Å². The molecule has 0 unspecified atom stereocenters. The second-order valence-electron chi connectivity index (χ2n) is 6.24. The van der Waals surface area contributed by atoms with Crippen LogP contribution < -0.4 is 0 Å². The Bertz CT molecular complexity index is 395. The second-order valence-corrected chi connectivity index (χ2v) is 6.24. The van der Waals surface area contributed by atoms with E-state index in [1.54, 1.807) is 0 Å². The minimum atomic E-state index is 0.553. The van der Waals surface area contributed by atoms with E-state index in [9.17, 15) is 5.11 Å². The predicted molar refractivity (Wildman–Crippen MR) is 93.2 cm³/mol. The number of phenols is 1. The molecule has 1 heteroatoms. The normalized spacial score (nSPS) is 11.0. The van der Waals surface area contributed by atoms with E-state index >= 15 is 0 Å². The summed E-state index contributed by atoms with van der Waals surface area (Å²) in [5.74, 6) is 0.553. The number of unbranched alkanes of at least 4 members (excludes halogenated alkanes) is 6. The Balaban J connectivity index is 2.56. The molecule has 0 fully saturated rings. The molecule has 0 saturated heterocycles. The van der Waals surface area contributed by atoms with Gasteiger partial charge in [-0.2, -0.15) is 0 Å². The van der Waals surface area contributed by atoms with Crippen LogP contribution in [0.2, 0.25) is 0 Å². The third kappa shape index (κ3) is 6.54. The van der Waals surface area contributed by atoms with E-state index in [0.29, 0.717) is 5.75 Å². The fourth-order valence-electron chi connectivity index (χ4n) is 2.91. The van der Waals surface area contributed by atoms with Gasteiger partial charge in [0.05, 0.1) is 0 Å². The molecule has 0 aliphatic rings. The lowest BCUT2D eigenvalue weighted by Crippen LogP contribution is -1.96. The average Bonchev–Trinajstić information content (AvgIpc) is 2.50. The van der Waals surface area contributed by atoms with Crippen LogP contribution in [0.25, 0.3) is 0 Å². The number of phenolic OH excluding ortho intramolecular Hbond substituents is 1. The third-order valence-electron chi connectivity index (χ3n) is 4.33. The largest absolute Gasteiger partial charge is 0.507 e. The topological polar surface area (TPSA) is 20.2 Å². The monoisotopic (exact) mass is 290 g/mol. The van der Waals surface area contributed by atoms with Gasteiger partial charge < -0.3 is 5.11 Å². The van der Waals surface area contributed by atoms with Gasteiger partial charge >= 0.3 is 0 Å². The molecule has 21 heavy (non-hydrogen) atoms. The molecule has 0 spiro atoms. The quantitative estimate of drug-likeness (QED) is 0.481. The first-order chi connectivity index (χ1) is 10.2. The van der Waals surface area contributed by atoms with Crippen molar-refractivity contribution in [3.05, 3.63) is 28.8 Å². The van der Waals surface area contributed by atoms with Crippen LogP contribution in [0.15, 0.2) is 12.1 Å². The highest BCUT2D eigenvalue weighted by Gasteiger charge is 2.08. The highest BCUT2D eigenvalue weighted by Crippen LogP contribution is 2.27. The Morgan fingerprint density at radius 1 is 0.714 bits per heavy atom. The zero-order valence-electron chi connectivity index (χ0n) is 14.4. The van der Waals surface area contributed by atoms with Crippen molar-refractivity contribution in [3.8, 4) is 5.75 Å². The molecule has 1 rings (SSSR count). The van der Waals surface area contributed by atoms with Gasteiger partial charge in [-0.05, 0) is 48.8 Å². The Kier molecular flexibility index (Phi) is 9.21. The number of aryl methyl sites for hydroxylation is 3. The Hall–Kier alpha value is -0.980. The van der Waals surface area contributed by atoms with Crippen molar-refractivity contribution in [1.82, 2.24) is 0 Å². The maximum Gasteiger partial charge on any atom is 0.121 e. The summed E-state index contributed by atoms with van der Waals surface area (Å²) in [6, 6.07) is 4.47. The van der Waals surface area contributed by atoms with Crippen LogP contribution in [-0.2, 0) is 19.3 Å². The van der Waals surface area contributed by atoms with E-state index in [0.717, 1.165) is 30.4 Å². The van der Waals surface area contributed by atoms with Crippen molar-refractivity contribution in [3.63, 3.8) is 0 Å². The summed E-state index contributed by atoms with van der Waals surface area (Å²) >= 11 is 0.